The Morgan fingerprint density at radius 1 is 0.946 bits per heavy atom. The second-order valence-corrected chi connectivity index (χ2v) is 10.7. The molecule has 192 valence electrons. The van der Waals surface area contributed by atoms with E-state index in [0.717, 1.165) is 47.7 Å². The Kier molecular flexibility index (Phi) is 6.20. The first kappa shape index (κ1) is 23.7. The number of hydrogen-bond acceptors (Lipinski definition) is 7. The number of nitrogens with zero attached hydrogens (tertiary/aromatic N) is 6. The molecule has 2 saturated heterocycles. The lowest BCUT2D eigenvalue weighted by atomic mass is 9.71. The van der Waals surface area contributed by atoms with Crippen LogP contribution < -0.4 is 16.0 Å². The fourth-order valence-electron chi connectivity index (χ4n) is 5.90. The molecule has 4 aromatic rings. The van der Waals surface area contributed by atoms with E-state index in [1.54, 1.807) is 6.07 Å². The van der Waals surface area contributed by atoms with Crippen molar-refractivity contribution in [1.82, 2.24) is 24.4 Å². The zero-order valence-electron chi connectivity index (χ0n) is 21.8. The highest BCUT2D eigenvalue weighted by molar-refractivity contribution is 5.80. The number of rotatable bonds is 5. The molecule has 0 aliphatic carbocycles. The molecule has 2 fully saturated rings. The van der Waals surface area contributed by atoms with Crippen LogP contribution >= 0.6 is 0 Å². The molecular formula is C29H36N8. The van der Waals surface area contributed by atoms with Crippen LogP contribution in [0.4, 0.5) is 23.1 Å². The summed E-state index contributed by atoms with van der Waals surface area (Å²) in [6.45, 7) is 6.90. The van der Waals surface area contributed by atoms with E-state index in [1.807, 2.05) is 18.3 Å². The van der Waals surface area contributed by atoms with E-state index < -0.39 is 0 Å². The summed E-state index contributed by atoms with van der Waals surface area (Å²) in [5, 5.41) is 4.37. The molecule has 8 nitrogen and oxygen atoms in total. The van der Waals surface area contributed by atoms with E-state index in [-0.39, 0.29) is 0 Å². The molecule has 0 atom stereocenters. The predicted octanol–water partition coefficient (Wildman–Crippen LogP) is 5.02. The lowest BCUT2D eigenvalue weighted by Gasteiger charge is -2.46. The summed E-state index contributed by atoms with van der Waals surface area (Å²) in [6, 6.07) is 16.5. The van der Waals surface area contributed by atoms with E-state index in [9.17, 15) is 0 Å². The lowest BCUT2D eigenvalue weighted by molar-refractivity contribution is 0.0945. The van der Waals surface area contributed by atoms with Gasteiger partial charge in [-0.3, -0.25) is 4.57 Å². The number of nitrogen functional groups attached to an aromatic ring is 1. The average molecular weight is 497 g/mol. The normalized spacial score (nSPS) is 17.9. The van der Waals surface area contributed by atoms with Gasteiger partial charge in [0.2, 0.25) is 5.95 Å². The van der Waals surface area contributed by atoms with E-state index in [0.29, 0.717) is 17.2 Å². The first-order chi connectivity index (χ1) is 18.0. The molecule has 3 aromatic heterocycles. The summed E-state index contributed by atoms with van der Waals surface area (Å²) in [6.07, 6.45) is 8.02. The monoisotopic (exact) mass is 496 g/mol. The van der Waals surface area contributed by atoms with Crippen molar-refractivity contribution >= 4 is 34.2 Å². The maximum Gasteiger partial charge on any atom is 0.229 e. The van der Waals surface area contributed by atoms with E-state index in [2.05, 4.69) is 74.0 Å². The maximum absolute atomic E-state index is 5.97. The largest absolute Gasteiger partial charge is 0.384 e. The third-order valence-electron chi connectivity index (χ3n) is 8.32. The number of nitrogens with two attached hydrogens (primary N) is 1. The minimum Gasteiger partial charge on any atom is -0.384 e. The van der Waals surface area contributed by atoms with Crippen molar-refractivity contribution in [2.24, 2.45) is 5.41 Å². The molecule has 5 heterocycles. The number of likely N-dealkylation sites (tertiary alicyclic amines) is 1. The molecule has 2 aliphatic heterocycles. The first-order valence-electron chi connectivity index (χ1n) is 13.4. The van der Waals surface area contributed by atoms with Crippen LogP contribution in [0.3, 0.4) is 0 Å². The summed E-state index contributed by atoms with van der Waals surface area (Å²) in [5.41, 5.74) is 10.7. The Labute approximate surface area is 218 Å². The van der Waals surface area contributed by atoms with Crippen molar-refractivity contribution in [3.8, 4) is 5.82 Å². The van der Waals surface area contributed by atoms with Gasteiger partial charge in [-0.05, 0) is 100 Å². The third-order valence-corrected chi connectivity index (χ3v) is 8.32. The Hall–Kier alpha value is -3.65. The summed E-state index contributed by atoms with van der Waals surface area (Å²) < 4.78 is 2.06. The molecule has 0 saturated carbocycles. The van der Waals surface area contributed by atoms with Crippen LogP contribution in [0.5, 0.6) is 0 Å². The minimum absolute atomic E-state index is 0.490. The molecule has 2 aliphatic rings. The SMILES string of the molecule is CCc1cc2cnc(Nc3ccc(N4CCC5(CCN(C)CC5)CC4)cc3)nc2n1-c1cccc(N)n1. The fourth-order valence-corrected chi connectivity index (χ4v) is 5.90. The van der Waals surface area contributed by atoms with Crippen molar-refractivity contribution in [2.45, 2.75) is 39.0 Å². The van der Waals surface area contributed by atoms with Gasteiger partial charge in [0.1, 0.15) is 11.6 Å². The highest BCUT2D eigenvalue weighted by atomic mass is 15.2. The fraction of sp³-hybridized carbons (Fsp3) is 0.414. The molecule has 1 spiro atoms. The van der Waals surface area contributed by atoms with Crippen molar-refractivity contribution in [2.75, 3.05) is 49.2 Å². The van der Waals surface area contributed by atoms with Gasteiger partial charge in [0.25, 0.3) is 0 Å². The van der Waals surface area contributed by atoms with Gasteiger partial charge in [-0.1, -0.05) is 13.0 Å². The standard InChI is InChI=1S/C29H36N8/c1-3-23-19-21-20-31-28(34-27(21)37(23)26-6-4-5-25(30)33-26)32-22-7-9-24(10-8-22)36-17-13-29(14-18-36)11-15-35(2)16-12-29/h4-10,19-20H,3,11-18H2,1-2H3,(H2,30,33)(H,31,32,34). The van der Waals surface area contributed by atoms with Gasteiger partial charge >= 0.3 is 0 Å². The number of hydrogen-bond donors (Lipinski definition) is 2. The zero-order chi connectivity index (χ0) is 25.4. The lowest BCUT2D eigenvalue weighted by Crippen LogP contribution is -2.46. The van der Waals surface area contributed by atoms with Crippen LogP contribution in [-0.4, -0.2) is 57.6 Å². The van der Waals surface area contributed by atoms with E-state index in [1.165, 1.54) is 44.5 Å². The summed E-state index contributed by atoms with van der Waals surface area (Å²) in [5.74, 6) is 1.82. The Morgan fingerprint density at radius 2 is 1.68 bits per heavy atom. The van der Waals surface area contributed by atoms with Gasteiger partial charge in [-0.2, -0.15) is 4.98 Å². The van der Waals surface area contributed by atoms with Crippen molar-refractivity contribution in [3.05, 3.63) is 60.4 Å². The molecule has 6 rings (SSSR count). The quantitative estimate of drug-likeness (QED) is 0.401. The second kappa shape index (κ2) is 9.67. The average Bonchev–Trinajstić information content (AvgIpc) is 3.29. The second-order valence-electron chi connectivity index (χ2n) is 10.7. The Bertz CT molecular complexity index is 1380. The zero-order valence-corrected chi connectivity index (χ0v) is 21.8. The molecule has 8 heteroatoms. The van der Waals surface area contributed by atoms with Crippen molar-refractivity contribution in [1.29, 1.82) is 0 Å². The number of aryl methyl sites for hydroxylation is 1. The highest BCUT2D eigenvalue weighted by Crippen LogP contribution is 2.42. The molecule has 0 radical (unpaired) electrons. The van der Waals surface area contributed by atoms with Gasteiger partial charge in [0.05, 0.1) is 0 Å². The summed E-state index contributed by atoms with van der Waals surface area (Å²) in [7, 11) is 2.25. The van der Waals surface area contributed by atoms with Crippen LogP contribution in [0, 0.1) is 5.41 Å². The molecule has 0 unspecified atom stereocenters. The number of nitrogens with one attached hydrogen (secondary N) is 1. The predicted molar refractivity (Wildman–Crippen MR) is 151 cm³/mol. The van der Waals surface area contributed by atoms with Gasteiger partial charge in [0.15, 0.2) is 5.65 Å². The molecule has 0 amide bonds. The number of anilines is 4. The van der Waals surface area contributed by atoms with E-state index in [4.69, 9.17) is 10.7 Å². The highest BCUT2D eigenvalue weighted by Gasteiger charge is 2.36. The minimum atomic E-state index is 0.490. The van der Waals surface area contributed by atoms with Crippen LogP contribution in [0.1, 0.15) is 38.3 Å². The summed E-state index contributed by atoms with van der Waals surface area (Å²) >= 11 is 0. The molecule has 37 heavy (non-hydrogen) atoms. The number of piperidine rings is 2. The van der Waals surface area contributed by atoms with Gasteiger partial charge in [0, 0.05) is 41.7 Å². The Morgan fingerprint density at radius 3 is 2.38 bits per heavy atom. The van der Waals surface area contributed by atoms with Crippen LogP contribution in [0.15, 0.2) is 54.7 Å². The van der Waals surface area contributed by atoms with Crippen molar-refractivity contribution < 1.29 is 0 Å². The van der Waals surface area contributed by atoms with Crippen LogP contribution in [-0.2, 0) is 6.42 Å². The van der Waals surface area contributed by atoms with Gasteiger partial charge < -0.3 is 20.9 Å². The molecular weight excluding hydrogens is 460 g/mol. The maximum atomic E-state index is 5.97. The van der Waals surface area contributed by atoms with Crippen LogP contribution in [0.25, 0.3) is 16.9 Å². The van der Waals surface area contributed by atoms with Gasteiger partial charge in [-0.25, -0.2) is 9.97 Å². The summed E-state index contributed by atoms with van der Waals surface area (Å²) in [4.78, 5) is 19.0. The number of fused-ring (bicyclic) bond motifs is 1. The van der Waals surface area contributed by atoms with Crippen LogP contribution in [0.2, 0.25) is 0 Å². The number of aromatic nitrogens is 4. The number of benzene rings is 1. The van der Waals surface area contributed by atoms with E-state index >= 15 is 0 Å². The van der Waals surface area contributed by atoms with Crippen molar-refractivity contribution in [3.63, 3.8) is 0 Å². The number of pyridine rings is 1. The molecule has 0 bridgehead atoms. The molecule has 1 aromatic carbocycles. The topological polar surface area (TPSA) is 88.1 Å². The Balaban J connectivity index is 1.18. The van der Waals surface area contributed by atoms with Gasteiger partial charge in [-0.15, -0.1) is 0 Å². The molecule has 3 N–H and O–H groups in total. The third kappa shape index (κ3) is 4.73. The first-order valence-corrected chi connectivity index (χ1v) is 13.4. The smallest absolute Gasteiger partial charge is 0.229 e.